The summed E-state index contributed by atoms with van der Waals surface area (Å²) < 4.78 is 13.6. The van der Waals surface area contributed by atoms with Gasteiger partial charge in [-0.2, -0.15) is 0 Å². The van der Waals surface area contributed by atoms with E-state index in [-0.39, 0.29) is 11.7 Å². The summed E-state index contributed by atoms with van der Waals surface area (Å²) in [4.78, 5) is 18.4. The Labute approximate surface area is 158 Å². The molecular weight excluding hydrogens is 341 g/mol. The highest BCUT2D eigenvalue weighted by atomic mass is 19.1. The average Bonchev–Trinajstić information content (AvgIpc) is 3.23. The van der Waals surface area contributed by atoms with Gasteiger partial charge in [0.2, 0.25) is 0 Å². The van der Waals surface area contributed by atoms with E-state index in [1.165, 1.54) is 17.7 Å². The number of nitrogens with zero attached hydrogens (tertiary/aromatic N) is 1. The van der Waals surface area contributed by atoms with Crippen molar-refractivity contribution in [1.29, 1.82) is 0 Å². The van der Waals surface area contributed by atoms with E-state index in [9.17, 15) is 9.18 Å². The summed E-state index contributed by atoms with van der Waals surface area (Å²) in [5.74, 6) is -0.476. The van der Waals surface area contributed by atoms with Gasteiger partial charge >= 0.3 is 0 Å². The number of rotatable bonds is 5. The van der Waals surface area contributed by atoms with Crippen LogP contribution in [0.5, 0.6) is 0 Å². The smallest absolute Gasteiger partial charge is 0.253 e. The van der Waals surface area contributed by atoms with Gasteiger partial charge in [0.15, 0.2) is 0 Å². The summed E-state index contributed by atoms with van der Waals surface area (Å²) in [5, 5.41) is 3.71. The third kappa shape index (κ3) is 3.74. The number of hydrogen-bond donors (Lipinski definition) is 2. The summed E-state index contributed by atoms with van der Waals surface area (Å²) in [6.45, 7) is 4.41. The lowest BCUT2D eigenvalue weighted by Gasteiger charge is -2.24. The molecule has 1 aliphatic rings. The minimum atomic E-state index is -0.333. The van der Waals surface area contributed by atoms with Crippen LogP contribution in [0.15, 0.2) is 48.5 Å². The zero-order valence-electron chi connectivity index (χ0n) is 15.5. The highest BCUT2D eigenvalue weighted by Crippen LogP contribution is 2.24. The molecule has 1 atom stereocenters. The van der Waals surface area contributed by atoms with E-state index in [0.717, 1.165) is 37.1 Å². The van der Waals surface area contributed by atoms with Gasteiger partial charge in [-0.25, -0.2) is 4.39 Å². The molecule has 4 nitrogen and oxygen atoms in total. The van der Waals surface area contributed by atoms with Crippen molar-refractivity contribution in [3.8, 4) is 0 Å². The Hall–Kier alpha value is -2.66. The molecule has 1 amide bonds. The maximum atomic E-state index is 13.6. The predicted molar refractivity (Wildman–Crippen MR) is 105 cm³/mol. The van der Waals surface area contributed by atoms with Crippen molar-refractivity contribution in [2.75, 3.05) is 13.1 Å². The van der Waals surface area contributed by atoms with Gasteiger partial charge in [-0.3, -0.25) is 9.69 Å². The Balaban J connectivity index is 1.44. The number of aromatic amines is 1. The fourth-order valence-corrected chi connectivity index (χ4v) is 4.04. The maximum Gasteiger partial charge on any atom is 0.253 e. The summed E-state index contributed by atoms with van der Waals surface area (Å²) in [6, 6.07) is 15.2. The second-order valence-corrected chi connectivity index (χ2v) is 7.28. The molecule has 5 heteroatoms. The molecule has 2 aromatic carbocycles. The van der Waals surface area contributed by atoms with Crippen LogP contribution in [0.3, 0.4) is 0 Å². The first-order chi connectivity index (χ1) is 13.1. The number of carbonyl (C=O) groups is 1. The molecule has 1 saturated heterocycles. The predicted octanol–water partition coefficient (Wildman–Crippen LogP) is 4.01. The molecule has 0 radical (unpaired) electrons. The normalized spacial score (nSPS) is 17.5. The summed E-state index contributed by atoms with van der Waals surface area (Å²) >= 11 is 0. The Kier molecular flexibility index (Phi) is 4.94. The van der Waals surface area contributed by atoms with Crippen LogP contribution in [-0.4, -0.2) is 34.9 Å². The van der Waals surface area contributed by atoms with E-state index in [1.54, 1.807) is 6.07 Å². The van der Waals surface area contributed by atoms with Crippen molar-refractivity contribution < 1.29 is 9.18 Å². The first-order valence-electron chi connectivity index (χ1n) is 9.46. The number of likely N-dealkylation sites (tertiary alicyclic amines) is 1. The third-order valence-corrected chi connectivity index (χ3v) is 5.40. The molecule has 0 bridgehead atoms. The van der Waals surface area contributed by atoms with Crippen LogP contribution in [0.2, 0.25) is 0 Å². The molecule has 3 aromatic rings. The standard InChI is InChI=1S/C22H24FN3O/c1-15-21(19-12-17(23)9-10-20(19)25-15)22(27)24-13-18-8-5-11-26(18)14-16-6-3-2-4-7-16/h2-4,6-7,9-10,12,18,25H,5,8,11,13-14H2,1H3,(H,24,27). The molecule has 1 aromatic heterocycles. The van der Waals surface area contributed by atoms with Gasteiger partial charge in [0.05, 0.1) is 5.56 Å². The molecular formula is C22H24FN3O. The SMILES string of the molecule is Cc1[nH]c2ccc(F)cc2c1C(=O)NCC1CCCN1Cc1ccccc1. The van der Waals surface area contributed by atoms with Gasteiger partial charge in [-0.15, -0.1) is 0 Å². The fraction of sp³-hybridized carbons (Fsp3) is 0.318. The Bertz CT molecular complexity index is 951. The molecule has 0 aliphatic carbocycles. The Morgan fingerprint density at radius 1 is 1.26 bits per heavy atom. The topological polar surface area (TPSA) is 48.1 Å². The number of aromatic nitrogens is 1. The first kappa shape index (κ1) is 17.7. The molecule has 1 fully saturated rings. The molecule has 1 aliphatic heterocycles. The Morgan fingerprint density at radius 2 is 2.07 bits per heavy atom. The first-order valence-corrected chi connectivity index (χ1v) is 9.46. The summed E-state index contributed by atoms with van der Waals surface area (Å²) in [6.07, 6.45) is 2.22. The van der Waals surface area contributed by atoms with E-state index >= 15 is 0 Å². The number of hydrogen-bond acceptors (Lipinski definition) is 2. The summed E-state index contributed by atoms with van der Waals surface area (Å²) in [5.41, 5.74) is 3.38. The molecule has 2 heterocycles. The number of amides is 1. The number of H-pyrrole nitrogens is 1. The number of carbonyl (C=O) groups excluding carboxylic acids is 1. The van der Waals surface area contributed by atoms with Crippen molar-refractivity contribution in [3.63, 3.8) is 0 Å². The number of aryl methyl sites for hydroxylation is 1. The number of benzene rings is 2. The van der Waals surface area contributed by atoms with E-state index in [2.05, 4.69) is 39.5 Å². The lowest BCUT2D eigenvalue weighted by molar-refractivity contribution is 0.0941. The number of nitrogens with one attached hydrogen (secondary N) is 2. The maximum absolute atomic E-state index is 13.6. The van der Waals surface area contributed by atoms with Crippen LogP contribution < -0.4 is 5.32 Å². The minimum Gasteiger partial charge on any atom is -0.358 e. The van der Waals surface area contributed by atoms with Gasteiger partial charge in [0.1, 0.15) is 5.82 Å². The van der Waals surface area contributed by atoms with Crippen LogP contribution in [0.25, 0.3) is 10.9 Å². The van der Waals surface area contributed by atoms with Crippen LogP contribution in [0.4, 0.5) is 4.39 Å². The molecule has 0 spiro atoms. The van der Waals surface area contributed by atoms with Gasteiger partial charge in [0, 0.05) is 35.7 Å². The van der Waals surface area contributed by atoms with Crippen molar-refractivity contribution in [1.82, 2.24) is 15.2 Å². The third-order valence-electron chi connectivity index (χ3n) is 5.40. The average molecular weight is 365 g/mol. The zero-order chi connectivity index (χ0) is 18.8. The minimum absolute atomic E-state index is 0.143. The van der Waals surface area contributed by atoms with E-state index < -0.39 is 0 Å². The fourth-order valence-electron chi connectivity index (χ4n) is 4.04. The van der Waals surface area contributed by atoms with Crippen LogP contribution in [0.1, 0.15) is 34.5 Å². The molecule has 1 unspecified atom stereocenters. The van der Waals surface area contributed by atoms with Crippen molar-refractivity contribution in [2.45, 2.75) is 32.4 Å². The van der Waals surface area contributed by atoms with Crippen LogP contribution in [0, 0.1) is 12.7 Å². The summed E-state index contributed by atoms with van der Waals surface area (Å²) in [7, 11) is 0. The second-order valence-electron chi connectivity index (χ2n) is 7.28. The Morgan fingerprint density at radius 3 is 2.89 bits per heavy atom. The second kappa shape index (κ2) is 7.53. The van der Waals surface area contributed by atoms with E-state index in [4.69, 9.17) is 0 Å². The van der Waals surface area contributed by atoms with Crippen LogP contribution in [-0.2, 0) is 6.54 Å². The molecule has 140 valence electrons. The van der Waals surface area contributed by atoms with Gasteiger partial charge in [0.25, 0.3) is 5.91 Å². The van der Waals surface area contributed by atoms with E-state index in [1.807, 2.05) is 13.0 Å². The van der Waals surface area contributed by atoms with E-state index in [0.29, 0.717) is 23.5 Å². The van der Waals surface area contributed by atoms with Gasteiger partial charge in [-0.1, -0.05) is 30.3 Å². The lowest BCUT2D eigenvalue weighted by atomic mass is 10.1. The van der Waals surface area contributed by atoms with Gasteiger partial charge < -0.3 is 10.3 Å². The van der Waals surface area contributed by atoms with Crippen LogP contribution >= 0.6 is 0 Å². The largest absolute Gasteiger partial charge is 0.358 e. The van der Waals surface area contributed by atoms with Crippen molar-refractivity contribution in [3.05, 3.63) is 71.2 Å². The highest BCUT2D eigenvalue weighted by molar-refractivity contribution is 6.08. The molecule has 0 saturated carbocycles. The monoisotopic (exact) mass is 365 g/mol. The lowest BCUT2D eigenvalue weighted by Crippen LogP contribution is -2.39. The van der Waals surface area contributed by atoms with Crippen molar-refractivity contribution in [2.24, 2.45) is 0 Å². The number of fused-ring (bicyclic) bond motifs is 1. The molecule has 2 N–H and O–H groups in total. The van der Waals surface area contributed by atoms with Crippen molar-refractivity contribution >= 4 is 16.8 Å². The highest BCUT2D eigenvalue weighted by Gasteiger charge is 2.25. The van der Waals surface area contributed by atoms with Gasteiger partial charge in [-0.05, 0) is 50.1 Å². The number of halogens is 1. The molecule has 27 heavy (non-hydrogen) atoms. The quantitative estimate of drug-likeness (QED) is 0.718. The molecule has 4 rings (SSSR count). The zero-order valence-corrected chi connectivity index (χ0v) is 15.5.